The summed E-state index contributed by atoms with van der Waals surface area (Å²) < 4.78 is 16.2. The summed E-state index contributed by atoms with van der Waals surface area (Å²) in [5.74, 6) is 2.49. The zero-order valence-electron chi connectivity index (χ0n) is 16.7. The van der Waals surface area contributed by atoms with Gasteiger partial charge in [0.25, 0.3) is 0 Å². The number of ether oxygens (including phenoxy) is 2. The van der Waals surface area contributed by atoms with E-state index in [0.717, 1.165) is 56.9 Å². The van der Waals surface area contributed by atoms with Crippen LogP contribution < -0.4 is 15.4 Å². The van der Waals surface area contributed by atoms with Gasteiger partial charge in [-0.2, -0.15) is 0 Å². The lowest BCUT2D eigenvalue weighted by Crippen LogP contribution is -2.46. The summed E-state index contributed by atoms with van der Waals surface area (Å²) in [5, 5.41) is 6.80. The Kier molecular flexibility index (Phi) is 7.75. The summed E-state index contributed by atoms with van der Waals surface area (Å²) in [6, 6.07) is 12.3. The number of nitrogens with zero attached hydrogens (tertiary/aromatic N) is 2. The number of furan rings is 1. The van der Waals surface area contributed by atoms with Gasteiger partial charge in [-0.1, -0.05) is 12.1 Å². The van der Waals surface area contributed by atoms with E-state index in [1.54, 1.807) is 13.4 Å². The minimum atomic E-state index is 0.224. The van der Waals surface area contributed by atoms with E-state index in [9.17, 15) is 0 Å². The average Bonchev–Trinajstić information content (AvgIpc) is 3.27. The number of rotatable bonds is 8. The smallest absolute Gasteiger partial charge is 0.191 e. The summed E-state index contributed by atoms with van der Waals surface area (Å²) in [6.07, 6.45) is 1.67. The second-order valence-corrected chi connectivity index (χ2v) is 6.59. The van der Waals surface area contributed by atoms with E-state index in [1.165, 1.54) is 5.56 Å². The maximum Gasteiger partial charge on any atom is 0.191 e. The Morgan fingerprint density at radius 2 is 1.96 bits per heavy atom. The Morgan fingerprint density at radius 3 is 2.61 bits per heavy atom. The fourth-order valence-corrected chi connectivity index (χ4v) is 3.27. The number of benzene rings is 1. The molecule has 1 fully saturated rings. The minimum absolute atomic E-state index is 0.224. The van der Waals surface area contributed by atoms with Crippen molar-refractivity contribution in [3.8, 4) is 5.75 Å². The van der Waals surface area contributed by atoms with Crippen molar-refractivity contribution in [2.24, 2.45) is 4.99 Å². The molecule has 7 heteroatoms. The van der Waals surface area contributed by atoms with Gasteiger partial charge in [0.2, 0.25) is 0 Å². The monoisotopic (exact) mass is 386 g/mol. The first-order valence-electron chi connectivity index (χ1n) is 9.80. The van der Waals surface area contributed by atoms with Crippen molar-refractivity contribution in [2.75, 3.05) is 46.5 Å². The van der Waals surface area contributed by atoms with Crippen LogP contribution in [0.25, 0.3) is 0 Å². The normalized spacial score (nSPS) is 16.6. The van der Waals surface area contributed by atoms with Crippen LogP contribution in [0.4, 0.5) is 0 Å². The number of nitrogens with one attached hydrogen (secondary N) is 2. The predicted octanol–water partition coefficient (Wildman–Crippen LogP) is 2.42. The van der Waals surface area contributed by atoms with E-state index in [2.05, 4.69) is 39.6 Å². The van der Waals surface area contributed by atoms with Crippen LogP contribution in [0.3, 0.4) is 0 Å². The predicted molar refractivity (Wildman–Crippen MR) is 110 cm³/mol. The summed E-state index contributed by atoms with van der Waals surface area (Å²) in [6.45, 7) is 7.47. The van der Waals surface area contributed by atoms with Crippen LogP contribution in [0.1, 0.15) is 24.3 Å². The molecule has 28 heavy (non-hydrogen) atoms. The Morgan fingerprint density at radius 1 is 1.18 bits per heavy atom. The van der Waals surface area contributed by atoms with E-state index in [1.807, 2.05) is 24.3 Å². The van der Waals surface area contributed by atoms with Crippen LogP contribution >= 0.6 is 0 Å². The fraction of sp³-hybridized carbons (Fsp3) is 0.476. The lowest BCUT2D eigenvalue weighted by molar-refractivity contribution is 0.0170. The zero-order chi connectivity index (χ0) is 19.6. The van der Waals surface area contributed by atoms with E-state index < -0.39 is 0 Å². The van der Waals surface area contributed by atoms with Crippen molar-refractivity contribution in [3.05, 3.63) is 54.0 Å². The van der Waals surface area contributed by atoms with Gasteiger partial charge in [-0.3, -0.25) is 4.90 Å². The van der Waals surface area contributed by atoms with E-state index in [0.29, 0.717) is 6.54 Å². The van der Waals surface area contributed by atoms with Crippen molar-refractivity contribution < 1.29 is 13.9 Å². The minimum Gasteiger partial charge on any atom is -0.497 e. The molecule has 0 bridgehead atoms. The van der Waals surface area contributed by atoms with Crippen molar-refractivity contribution in [3.63, 3.8) is 0 Å². The molecule has 152 valence electrons. The molecule has 1 aliphatic heterocycles. The highest BCUT2D eigenvalue weighted by molar-refractivity contribution is 5.79. The Bertz CT molecular complexity index is 710. The van der Waals surface area contributed by atoms with Crippen LogP contribution in [-0.2, 0) is 11.3 Å². The molecule has 1 aromatic carbocycles. The lowest BCUT2D eigenvalue weighted by Gasteiger charge is -2.35. The number of hydrogen-bond acceptors (Lipinski definition) is 5. The van der Waals surface area contributed by atoms with Gasteiger partial charge in [0, 0.05) is 26.2 Å². The maximum atomic E-state index is 5.54. The fourth-order valence-electron chi connectivity index (χ4n) is 3.27. The molecule has 0 spiro atoms. The highest BCUT2D eigenvalue weighted by Crippen LogP contribution is 2.23. The lowest BCUT2D eigenvalue weighted by atomic mass is 10.0. The van der Waals surface area contributed by atoms with Crippen molar-refractivity contribution in [2.45, 2.75) is 19.5 Å². The molecule has 1 atom stereocenters. The second-order valence-electron chi connectivity index (χ2n) is 6.59. The summed E-state index contributed by atoms with van der Waals surface area (Å²) >= 11 is 0. The number of guanidine groups is 1. The van der Waals surface area contributed by atoms with E-state index >= 15 is 0 Å². The molecule has 1 saturated heterocycles. The first-order valence-corrected chi connectivity index (χ1v) is 9.80. The number of methoxy groups -OCH3 is 1. The van der Waals surface area contributed by atoms with Gasteiger partial charge >= 0.3 is 0 Å². The van der Waals surface area contributed by atoms with E-state index in [4.69, 9.17) is 13.9 Å². The van der Waals surface area contributed by atoms with Crippen LogP contribution in [-0.4, -0.2) is 57.4 Å². The topological polar surface area (TPSA) is 71.3 Å². The highest BCUT2D eigenvalue weighted by atomic mass is 16.5. The van der Waals surface area contributed by atoms with E-state index in [-0.39, 0.29) is 6.04 Å². The molecule has 7 nitrogen and oxygen atoms in total. The van der Waals surface area contributed by atoms with Crippen molar-refractivity contribution in [1.29, 1.82) is 0 Å². The summed E-state index contributed by atoms with van der Waals surface area (Å²) in [4.78, 5) is 7.08. The Balaban J connectivity index is 1.70. The first-order chi connectivity index (χ1) is 13.8. The average molecular weight is 386 g/mol. The zero-order valence-corrected chi connectivity index (χ0v) is 16.7. The highest BCUT2D eigenvalue weighted by Gasteiger charge is 2.23. The van der Waals surface area contributed by atoms with Crippen LogP contribution in [0.15, 0.2) is 52.1 Å². The Hall–Kier alpha value is -2.51. The standard InChI is InChI=1S/C21H30N4O3/c1-3-22-21(23-15-19-5-4-12-28-19)24-16-20(25-10-13-27-14-11-25)17-6-8-18(26-2)9-7-17/h4-9,12,20H,3,10-11,13-16H2,1-2H3,(H2,22,23,24). The SMILES string of the molecule is CCNC(=NCc1ccco1)NCC(c1ccc(OC)cc1)N1CCOCC1. The van der Waals surface area contributed by atoms with Gasteiger partial charge in [-0.05, 0) is 36.8 Å². The molecule has 0 amide bonds. The molecule has 2 heterocycles. The molecule has 1 aliphatic rings. The van der Waals surface area contributed by atoms with Gasteiger partial charge in [-0.15, -0.1) is 0 Å². The molecular weight excluding hydrogens is 356 g/mol. The third kappa shape index (κ3) is 5.74. The van der Waals surface area contributed by atoms with Crippen molar-refractivity contribution in [1.82, 2.24) is 15.5 Å². The molecule has 1 unspecified atom stereocenters. The molecule has 0 saturated carbocycles. The van der Waals surface area contributed by atoms with Gasteiger partial charge in [0.05, 0.1) is 32.6 Å². The van der Waals surface area contributed by atoms with Crippen LogP contribution in [0.5, 0.6) is 5.75 Å². The van der Waals surface area contributed by atoms with Gasteiger partial charge in [0.15, 0.2) is 5.96 Å². The molecule has 2 aromatic rings. The largest absolute Gasteiger partial charge is 0.497 e. The number of hydrogen-bond donors (Lipinski definition) is 2. The van der Waals surface area contributed by atoms with Crippen molar-refractivity contribution >= 4 is 5.96 Å². The van der Waals surface area contributed by atoms with Gasteiger partial charge in [0.1, 0.15) is 18.1 Å². The maximum absolute atomic E-state index is 5.54. The van der Waals surface area contributed by atoms with Gasteiger partial charge in [-0.25, -0.2) is 4.99 Å². The third-order valence-electron chi connectivity index (χ3n) is 4.77. The number of aliphatic imine (C=N–C) groups is 1. The second kappa shape index (κ2) is 10.7. The third-order valence-corrected chi connectivity index (χ3v) is 4.77. The first kappa shape index (κ1) is 20.2. The molecule has 1 aromatic heterocycles. The molecule has 2 N–H and O–H groups in total. The molecular formula is C21H30N4O3. The summed E-state index contributed by atoms with van der Waals surface area (Å²) in [7, 11) is 1.69. The molecule has 3 rings (SSSR count). The number of morpholine rings is 1. The Labute approximate surface area is 166 Å². The van der Waals surface area contributed by atoms with Crippen LogP contribution in [0, 0.1) is 0 Å². The summed E-state index contributed by atoms with van der Waals surface area (Å²) in [5.41, 5.74) is 1.25. The quantitative estimate of drug-likeness (QED) is 0.536. The molecule has 0 radical (unpaired) electrons. The van der Waals surface area contributed by atoms with Crippen LogP contribution in [0.2, 0.25) is 0 Å². The molecule has 0 aliphatic carbocycles. The van der Waals surface area contributed by atoms with Gasteiger partial charge < -0.3 is 24.5 Å².